The molecule has 0 heterocycles. The van der Waals surface area contributed by atoms with Crippen LogP contribution in [-0.2, 0) is 294 Å². The zero-order valence-electron chi connectivity index (χ0n) is 72.3. The largest absolute Gasteiger partial charge is 3.00 e. The number of carbonyl (C=O) groups excluding carboxylic acids is 18. The fourth-order valence-electron chi connectivity index (χ4n) is 9.15. The van der Waals surface area contributed by atoms with Crippen LogP contribution in [0.4, 0.5) is 0 Å². The number of benzene rings is 5. The Morgan fingerprint density at radius 2 is 0.585 bits per heavy atom. The van der Waals surface area contributed by atoms with Crippen LogP contribution in [0.25, 0.3) is 0 Å². The van der Waals surface area contributed by atoms with Crippen molar-refractivity contribution in [1.82, 2.24) is 0 Å². The molecule has 0 saturated heterocycles. The molecule has 721 valence electrons. The van der Waals surface area contributed by atoms with Crippen molar-refractivity contribution in [3.8, 4) is 17.2 Å². The average molecular weight is 3170 g/mol. The summed E-state index contributed by atoms with van der Waals surface area (Å²) in [6.45, 7) is 98.9. The first-order chi connectivity index (χ1) is 51.0. The van der Waals surface area contributed by atoms with E-state index in [1.54, 1.807) is 0 Å². The number of allylic oxidation sites excluding steroid dienone is 4. The first-order valence-electron chi connectivity index (χ1n) is 30.4. The summed E-state index contributed by atoms with van der Waals surface area (Å²) < 4.78 is 28.4. The van der Waals surface area contributed by atoms with Crippen LogP contribution in [0.1, 0.15) is 181 Å². The van der Waals surface area contributed by atoms with Crippen LogP contribution < -0.4 is 24.8 Å². The van der Waals surface area contributed by atoms with Gasteiger partial charge >= 0.3 is 101 Å². The summed E-state index contributed by atoms with van der Waals surface area (Å²) in [4.78, 5) is 140. The quantitative estimate of drug-likeness (QED) is 0.0566. The third-order valence-corrected chi connectivity index (χ3v) is 16.3. The Morgan fingerprint density at radius 1 is 0.358 bits per heavy atom. The Kier molecular flexibility index (Phi) is 241. The molecular formula is C88H129Ir8O26P-7. The average Bonchev–Trinajstić information content (AvgIpc) is 0.772. The van der Waals surface area contributed by atoms with E-state index in [9.17, 15) is 0 Å². The molecule has 0 aromatic heterocycles. The predicted molar refractivity (Wildman–Crippen MR) is 470 cm³/mol. The molecule has 0 fully saturated rings. The van der Waals surface area contributed by atoms with Gasteiger partial charge in [-0.05, 0) is 134 Å². The normalized spacial score (nSPS) is 9.26. The van der Waals surface area contributed by atoms with Crippen LogP contribution >= 0.6 is 7.92 Å². The van der Waals surface area contributed by atoms with E-state index in [2.05, 4.69) is 336 Å². The van der Waals surface area contributed by atoms with E-state index in [0.717, 1.165) is 53.4 Å². The molecule has 8 N–H and O–H groups in total. The Hall–Kier alpha value is -5.70. The first kappa shape index (κ1) is 208. The second-order valence-corrected chi connectivity index (χ2v) is 26.1. The van der Waals surface area contributed by atoms with Gasteiger partial charge in [0.2, 0.25) is 6.35 Å². The number of aryl methyl sites for hydroxylation is 1. The van der Waals surface area contributed by atoms with Gasteiger partial charge in [-0.1, -0.05) is 189 Å². The molecule has 0 amide bonds. The summed E-state index contributed by atoms with van der Waals surface area (Å²) in [5, 5.41) is 2.67. The number of rotatable bonds is 14. The molecule has 26 nitrogen and oxygen atoms in total. The van der Waals surface area contributed by atoms with Crippen LogP contribution in [0.2, 0.25) is 0 Å². The Morgan fingerprint density at radius 3 is 0.821 bits per heavy atom. The van der Waals surface area contributed by atoms with Gasteiger partial charge in [-0.2, -0.15) is 0 Å². The molecule has 1 aliphatic carbocycles. The summed E-state index contributed by atoms with van der Waals surface area (Å²) in [7, 11) is -1.33. The van der Waals surface area contributed by atoms with Crippen LogP contribution in [0, 0.1) is 42.0 Å². The van der Waals surface area contributed by atoms with Crippen molar-refractivity contribution in [1.29, 1.82) is 0 Å². The molecule has 0 saturated carbocycles. The van der Waals surface area contributed by atoms with Crippen molar-refractivity contribution in [2.24, 2.45) is 5.41 Å². The van der Waals surface area contributed by atoms with E-state index < -0.39 is 7.92 Å². The van der Waals surface area contributed by atoms with Gasteiger partial charge < -0.3 is 164 Å². The van der Waals surface area contributed by atoms with Crippen molar-refractivity contribution in [2.75, 3.05) is 26.2 Å². The van der Waals surface area contributed by atoms with E-state index in [1.807, 2.05) is 0 Å². The predicted octanol–water partition coefficient (Wildman–Crippen LogP) is 10.3. The van der Waals surface area contributed by atoms with Crippen LogP contribution in [0.5, 0.6) is 17.2 Å². The maximum atomic E-state index is 7.75. The molecule has 123 heavy (non-hydrogen) atoms. The molecule has 0 unspecified atom stereocenters. The zero-order chi connectivity index (χ0) is 87.0. The molecule has 35 heteroatoms. The van der Waals surface area contributed by atoms with Crippen LogP contribution in [-0.4, -0.2) is 170 Å². The second kappa shape index (κ2) is 142. The van der Waals surface area contributed by atoms with Gasteiger partial charge in [0, 0.05) is 86.0 Å². The minimum absolute atomic E-state index is 0. The number of ether oxygens (including phenoxy) is 4. The molecular weight excluding hydrogens is 3040 g/mol. The van der Waals surface area contributed by atoms with Crippen LogP contribution in [0.15, 0.2) is 120 Å². The summed E-state index contributed by atoms with van der Waals surface area (Å²) in [5.74, 6) is 3.90. The minimum atomic E-state index is -1.33. The van der Waals surface area contributed by atoms with Crippen molar-refractivity contribution < 1.29 is 288 Å². The maximum absolute atomic E-state index is 7.75. The second-order valence-electron chi connectivity index (χ2n) is 23.7. The van der Waals surface area contributed by atoms with E-state index >= 15 is 0 Å². The van der Waals surface area contributed by atoms with Gasteiger partial charge in [-0.3, -0.25) is 122 Å². The van der Waals surface area contributed by atoms with Gasteiger partial charge in [-0.25, -0.2) is 0 Å². The van der Waals surface area contributed by atoms with Gasteiger partial charge in [0.05, 0.1) is 19.0 Å². The topological polar surface area (TPSA) is 470 Å². The fourth-order valence-corrected chi connectivity index (χ4v) is 11.3. The SMILES string of the molecule is C.O.O.O.O.[CH-]=O.[CH-]=O.[CH-]=O.[CH-]=O.[CH-]=O.[CH-]=O.[CH-]=O.[CH-]=O.[CH-]=O.[CH-]=O.[CH-]=O.[CH-]=O.[CH-]=O.[CH-]=O.[CH-]=O.[CH-]=O.[CH-]=O.[CH-]=O.[CH2-]COc1c2cc(C(C)(C)C)cc1Cc1cc(C(C)(C)C)cc(c1OCCC)Cc1cc(C(C)(C)C)cc(c1OC[PH+](c1ccccc1)c1ccccc1)CC/C(OCCC)=C(\C=C(/C)C(C)(C)C)C2.[CH3-].[CH3-].[CH3-].[CH3-].[Ir+3].[Ir+3].[Ir+3].[Ir+3].[Ir+3].[Ir].[Ir].[Ir]. The third kappa shape index (κ3) is 88.1. The smallest absolute Gasteiger partial charge is 0.545 e. The number of hydrogen-bond donors (Lipinski definition) is 0. The number of hydrogen-bond acceptors (Lipinski definition) is 22. The summed E-state index contributed by atoms with van der Waals surface area (Å²) in [6.07, 6.45) is 8.25. The van der Waals surface area contributed by atoms with Gasteiger partial charge in [0.25, 0.3) is 0 Å². The zero-order valence-corrected chi connectivity index (χ0v) is 92.5. The third-order valence-electron chi connectivity index (χ3n) is 13.8. The molecule has 0 spiro atoms. The minimum Gasteiger partial charge on any atom is -0.545 e. The summed E-state index contributed by atoms with van der Waals surface area (Å²) in [6, 6.07) is 36.5. The monoisotopic (exact) mass is 3180 g/mol. The van der Waals surface area contributed by atoms with Crippen LogP contribution in [0.3, 0.4) is 0 Å². The molecule has 6 rings (SSSR count). The molecule has 5 aromatic carbocycles. The standard InChI is InChI=1S/C65H86O4P.18CHO.CH4.4CH3.8Ir.4H2O/c1-17-32-67-58-31-30-46-38-53(63(8,9)10)40-49(59(46)69-44-70(56-26-22-20-23-27-56)57-28-24-21-25-29-57)36-51-42-55(65(14,15)16)43-52(61(51)68-33-18-2)37-50-41-54(64(11,12)13)39-48(60(50)66-19-3)35-47(58)34-45(4)62(5,6)7;18*1-2;;;;;;;;;;;;;;;;;/h20-29,34,38-43H,3,17-19,30-33,35-37,44H2,1-2,4-16H3;18*1H;1H4;4*1H3;;;;;;;;;4*1H2/q19*-1;;4*-1;;;;5*+3;;;;/p+1/b45-34+,58-47-;;;;;;;;;;;;;;;;;;;;;;;;;;;;;;;;;;;. The Balaban J connectivity index is -0.0000000519. The van der Waals surface area contributed by atoms with Crippen molar-refractivity contribution in [3.05, 3.63) is 207 Å². The molecule has 3 radical (unpaired) electrons. The molecule has 1 aliphatic rings. The first-order valence-corrected chi connectivity index (χ1v) is 32.1. The van der Waals surface area contributed by atoms with E-state index in [-0.39, 0.29) is 242 Å². The fraction of sp³-hybridized carbons (Fsp3) is 0.352. The van der Waals surface area contributed by atoms with Crippen molar-refractivity contribution >= 4 is 141 Å². The summed E-state index contributed by atoms with van der Waals surface area (Å²) in [5.41, 5.74) is 13.1. The maximum Gasteiger partial charge on any atom is 3.00 e. The number of fused-ring (bicyclic) bond motifs is 6. The van der Waals surface area contributed by atoms with Gasteiger partial charge in [0.15, 0.2) is 0 Å². The Bertz CT molecular complexity index is 2910. The van der Waals surface area contributed by atoms with Crippen molar-refractivity contribution in [2.45, 2.75) is 172 Å². The van der Waals surface area contributed by atoms with Gasteiger partial charge in [-0.15, -0.1) is 0 Å². The van der Waals surface area contributed by atoms with E-state index in [4.69, 9.17) is 105 Å². The van der Waals surface area contributed by atoms with Crippen molar-refractivity contribution in [3.63, 3.8) is 0 Å². The summed E-state index contributed by atoms with van der Waals surface area (Å²) >= 11 is 0. The Labute approximate surface area is 848 Å². The van der Waals surface area contributed by atoms with Gasteiger partial charge in [0.1, 0.15) is 35.8 Å². The molecule has 0 atom stereocenters. The van der Waals surface area contributed by atoms with E-state index in [0.29, 0.717) is 51.9 Å². The molecule has 0 aliphatic heterocycles. The van der Waals surface area contributed by atoms with E-state index in [1.165, 1.54) is 60.7 Å². The molecule has 5 aromatic rings. The molecule has 6 bridgehead atoms.